The van der Waals surface area contributed by atoms with Gasteiger partial charge in [-0.1, -0.05) is 29.1 Å². The van der Waals surface area contributed by atoms with Crippen LogP contribution in [0.3, 0.4) is 0 Å². The zero-order valence-electron chi connectivity index (χ0n) is 8.19. The molecule has 0 bridgehead atoms. The highest BCUT2D eigenvalue weighted by atomic mass is 35.5. The fraction of sp³-hybridized carbons (Fsp3) is 0.556. The number of carbonyl (C=O) groups excluding carboxylic acids is 2. The van der Waals surface area contributed by atoms with E-state index in [4.69, 9.17) is 34.4 Å². The van der Waals surface area contributed by atoms with E-state index in [9.17, 15) is 9.59 Å². The summed E-state index contributed by atoms with van der Waals surface area (Å²) in [6.45, 7) is 0.318. The van der Waals surface area contributed by atoms with Gasteiger partial charge in [0.15, 0.2) is 16.8 Å². The zero-order valence-corrected chi connectivity index (χ0v) is 10.5. The predicted molar refractivity (Wildman–Crippen MR) is 63.2 cm³/mol. The van der Waals surface area contributed by atoms with Gasteiger partial charge < -0.3 is 9.64 Å². The number of alkyl halides is 2. The van der Waals surface area contributed by atoms with Crippen LogP contribution in [0.2, 0.25) is 0 Å². The van der Waals surface area contributed by atoms with Crippen LogP contribution in [0.1, 0.15) is 0 Å². The molecule has 1 atom stereocenters. The monoisotopic (exact) mass is 281 g/mol. The van der Waals surface area contributed by atoms with Crippen LogP contribution in [0.15, 0.2) is 0 Å². The number of hydrogen-bond donors (Lipinski definition) is 0. The van der Waals surface area contributed by atoms with Gasteiger partial charge in [0.25, 0.3) is 5.91 Å². The molecule has 1 aliphatic rings. The number of nitrogens with zero attached hydrogens (tertiary/aromatic N) is 1. The van der Waals surface area contributed by atoms with E-state index in [2.05, 4.69) is 5.92 Å². The second-order valence-electron chi connectivity index (χ2n) is 2.87. The highest BCUT2D eigenvalue weighted by Crippen LogP contribution is 2.26. The molecule has 88 valence electrons. The van der Waals surface area contributed by atoms with Gasteiger partial charge in [0, 0.05) is 12.3 Å². The SMILES string of the molecule is C#CCOC(=O)C1SCCN1C(=O)C(Cl)Cl. The summed E-state index contributed by atoms with van der Waals surface area (Å²) in [6.07, 6.45) is 4.96. The van der Waals surface area contributed by atoms with E-state index in [0.29, 0.717) is 12.3 Å². The number of halogens is 2. The number of ether oxygens (including phenoxy) is 1. The minimum absolute atomic E-state index is 0.108. The number of terminal acetylenes is 1. The molecule has 0 aromatic rings. The second kappa shape index (κ2) is 6.24. The maximum Gasteiger partial charge on any atom is 0.340 e. The summed E-state index contributed by atoms with van der Waals surface area (Å²) >= 11 is 12.2. The van der Waals surface area contributed by atoms with Crippen molar-refractivity contribution in [1.82, 2.24) is 4.90 Å². The van der Waals surface area contributed by atoms with Crippen molar-refractivity contribution in [1.29, 1.82) is 0 Å². The van der Waals surface area contributed by atoms with E-state index in [1.54, 1.807) is 0 Å². The van der Waals surface area contributed by atoms with Crippen molar-refractivity contribution in [2.75, 3.05) is 18.9 Å². The maximum absolute atomic E-state index is 11.5. The zero-order chi connectivity index (χ0) is 12.1. The molecule has 0 saturated carbocycles. The maximum atomic E-state index is 11.5. The lowest BCUT2D eigenvalue weighted by Gasteiger charge is -2.22. The molecule has 1 heterocycles. The van der Waals surface area contributed by atoms with Gasteiger partial charge in [0.05, 0.1) is 0 Å². The van der Waals surface area contributed by atoms with Crippen molar-refractivity contribution in [3.63, 3.8) is 0 Å². The minimum Gasteiger partial charge on any atom is -0.450 e. The summed E-state index contributed by atoms with van der Waals surface area (Å²) in [7, 11) is 0. The standard InChI is InChI=1S/C9H9Cl2NO3S/c1-2-4-15-9(14)8-12(3-5-16-8)7(13)6(10)11/h1,6,8H,3-5H2. The molecule has 0 aromatic carbocycles. The first-order valence-corrected chi connectivity index (χ1v) is 6.30. The van der Waals surface area contributed by atoms with Gasteiger partial charge in [-0.3, -0.25) is 4.79 Å². The lowest BCUT2D eigenvalue weighted by Crippen LogP contribution is -2.42. The highest BCUT2D eigenvalue weighted by Gasteiger charge is 2.37. The largest absolute Gasteiger partial charge is 0.450 e. The smallest absolute Gasteiger partial charge is 0.340 e. The molecule has 0 aromatic heterocycles. The summed E-state index contributed by atoms with van der Waals surface area (Å²) in [6, 6.07) is 0. The average Bonchev–Trinajstić information content (AvgIpc) is 2.73. The fourth-order valence-corrected chi connectivity index (χ4v) is 2.57. The van der Waals surface area contributed by atoms with Crippen LogP contribution in [0.4, 0.5) is 0 Å². The van der Waals surface area contributed by atoms with Crippen molar-refractivity contribution in [3.8, 4) is 12.3 Å². The topological polar surface area (TPSA) is 46.6 Å². The van der Waals surface area contributed by atoms with Crippen LogP contribution >= 0.6 is 35.0 Å². The van der Waals surface area contributed by atoms with Gasteiger partial charge in [0.2, 0.25) is 0 Å². The van der Waals surface area contributed by atoms with Crippen LogP contribution in [-0.2, 0) is 14.3 Å². The molecule has 1 saturated heterocycles. The Balaban J connectivity index is 2.62. The van der Waals surface area contributed by atoms with Crippen molar-refractivity contribution >= 4 is 46.8 Å². The number of thioether (sulfide) groups is 1. The number of amides is 1. The van der Waals surface area contributed by atoms with E-state index in [-0.39, 0.29) is 6.61 Å². The minimum atomic E-state index is -1.17. The van der Waals surface area contributed by atoms with E-state index < -0.39 is 22.1 Å². The van der Waals surface area contributed by atoms with Crippen molar-refractivity contribution < 1.29 is 14.3 Å². The van der Waals surface area contributed by atoms with Crippen LogP contribution < -0.4 is 0 Å². The van der Waals surface area contributed by atoms with Crippen LogP contribution in [0.5, 0.6) is 0 Å². The van der Waals surface area contributed by atoms with Crippen molar-refractivity contribution in [2.45, 2.75) is 10.2 Å². The number of rotatable bonds is 3. The van der Waals surface area contributed by atoms with Crippen LogP contribution in [0, 0.1) is 12.3 Å². The van der Waals surface area contributed by atoms with E-state index in [0.717, 1.165) is 0 Å². The van der Waals surface area contributed by atoms with Gasteiger partial charge in [-0.05, 0) is 0 Å². The lowest BCUT2D eigenvalue weighted by molar-refractivity contribution is -0.148. The molecule has 7 heteroatoms. The van der Waals surface area contributed by atoms with Gasteiger partial charge in [0.1, 0.15) is 0 Å². The molecular weight excluding hydrogens is 273 g/mol. The first kappa shape index (κ1) is 13.5. The number of esters is 1. The Morgan fingerprint density at radius 1 is 1.62 bits per heavy atom. The lowest BCUT2D eigenvalue weighted by atomic mass is 10.4. The molecule has 1 unspecified atom stereocenters. The quantitative estimate of drug-likeness (QED) is 0.438. The van der Waals surface area contributed by atoms with E-state index >= 15 is 0 Å². The van der Waals surface area contributed by atoms with Gasteiger partial charge in [-0.2, -0.15) is 0 Å². The Morgan fingerprint density at radius 2 is 2.31 bits per heavy atom. The van der Waals surface area contributed by atoms with Crippen LogP contribution in [0.25, 0.3) is 0 Å². The Bertz CT molecular complexity index is 329. The third-order valence-corrected chi connectivity index (χ3v) is 3.41. The van der Waals surface area contributed by atoms with E-state index in [1.165, 1.54) is 16.7 Å². The molecule has 0 N–H and O–H groups in total. The van der Waals surface area contributed by atoms with Crippen molar-refractivity contribution in [2.24, 2.45) is 0 Å². The fourth-order valence-electron chi connectivity index (χ4n) is 1.20. The number of carbonyl (C=O) groups is 2. The number of hydrogen-bond acceptors (Lipinski definition) is 4. The molecule has 16 heavy (non-hydrogen) atoms. The Kier molecular flexibility index (Phi) is 5.26. The third kappa shape index (κ3) is 3.21. The molecule has 1 fully saturated rings. The summed E-state index contributed by atoms with van der Waals surface area (Å²) < 4.78 is 4.76. The molecule has 1 rings (SSSR count). The highest BCUT2D eigenvalue weighted by molar-refractivity contribution is 8.00. The van der Waals surface area contributed by atoms with Crippen molar-refractivity contribution in [3.05, 3.63) is 0 Å². The third-order valence-electron chi connectivity index (χ3n) is 1.86. The molecule has 0 aliphatic carbocycles. The summed E-state index contributed by atoms with van der Waals surface area (Å²) in [5.74, 6) is 1.79. The average molecular weight is 282 g/mol. The Morgan fingerprint density at radius 3 is 2.88 bits per heavy atom. The van der Waals surface area contributed by atoms with Gasteiger partial charge in [-0.15, -0.1) is 18.2 Å². The summed E-state index contributed by atoms with van der Waals surface area (Å²) in [5, 5.41) is -0.694. The van der Waals surface area contributed by atoms with Gasteiger partial charge >= 0.3 is 5.97 Å². The first-order valence-electron chi connectivity index (χ1n) is 4.38. The Hall–Kier alpha value is -0.570. The Labute approximate surface area is 108 Å². The molecular formula is C9H9Cl2NO3S. The first-order chi connectivity index (χ1) is 7.57. The molecule has 1 amide bonds. The van der Waals surface area contributed by atoms with Crippen LogP contribution in [-0.4, -0.2) is 45.9 Å². The summed E-state index contributed by atoms with van der Waals surface area (Å²) in [4.78, 5) is 23.2. The summed E-state index contributed by atoms with van der Waals surface area (Å²) in [5.41, 5.74) is 0. The normalized spacial score (nSPS) is 19.6. The second-order valence-corrected chi connectivity index (χ2v) is 5.15. The van der Waals surface area contributed by atoms with E-state index in [1.807, 2.05) is 0 Å². The van der Waals surface area contributed by atoms with Gasteiger partial charge in [-0.25, -0.2) is 4.79 Å². The molecule has 1 aliphatic heterocycles. The molecule has 0 spiro atoms. The predicted octanol–water partition coefficient (Wildman–Crippen LogP) is 0.868. The molecule has 0 radical (unpaired) electrons. The molecule has 4 nitrogen and oxygen atoms in total.